The van der Waals surface area contributed by atoms with E-state index in [1.807, 2.05) is 0 Å². The number of benzene rings is 1. The van der Waals surface area contributed by atoms with Crippen LogP contribution in [0.1, 0.15) is 12.0 Å². The molecule has 0 aliphatic carbocycles. The van der Waals surface area contributed by atoms with Crippen LogP contribution in [0.4, 0.5) is 0 Å². The normalized spacial score (nSPS) is 10.1. The van der Waals surface area contributed by atoms with Crippen LogP contribution < -0.4 is 10.1 Å². The molecule has 5 heteroatoms. The van der Waals surface area contributed by atoms with Gasteiger partial charge in [-0.2, -0.15) is 0 Å². The van der Waals surface area contributed by atoms with Crippen LogP contribution in [0, 0.1) is 0 Å². The van der Waals surface area contributed by atoms with E-state index < -0.39 is 5.97 Å². The minimum absolute atomic E-state index is 0.0602. The second kappa shape index (κ2) is 5.97. The van der Waals surface area contributed by atoms with E-state index in [4.69, 9.17) is 9.84 Å². The average Bonchev–Trinajstić information content (AvgIpc) is 2.26. The van der Waals surface area contributed by atoms with Gasteiger partial charge in [0.25, 0.3) is 0 Å². The van der Waals surface area contributed by atoms with Gasteiger partial charge >= 0.3 is 5.97 Å². The van der Waals surface area contributed by atoms with E-state index in [1.165, 1.54) is 0 Å². The van der Waals surface area contributed by atoms with Crippen LogP contribution in [0.25, 0.3) is 0 Å². The number of hydrogen-bond donors (Lipinski definition) is 3. The molecule has 0 unspecified atom stereocenters. The van der Waals surface area contributed by atoms with Crippen LogP contribution in [-0.4, -0.2) is 29.8 Å². The Morgan fingerprint density at radius 1 is 1.50 bits per heavy atom. The Bertz CT molecular complexity index is 365. The van der Waals surface area contributed by atoms with Gasteiger partial charge in [-0.25, -0.2) is 0 Å². The van der Waals surface area contributed by atoms with Crippen molar-refractivity contribution in [3.8, 4) is 11.5 Å². The van der Waals surface area contributed by atoms with Crippen molar-refractivity contribution in [1.82, 2.24) is 5.32 Å². The number of aliphatic carboxylic acids is 1. The summed E-state index contributed by atoms with van der Waals surface area (Å²) in [5, 5.41) is 20.9. The van der Waals surface area contributed by atoms with Crippen LogP contribution in [0.15, 0.2) is 18.2 Å². The number of ether oxygens (including phenoxy) is 1. The molecule has 1 aromatic rings. The number of methoxy groups -OCH3 is 1. The van der Waals surface area contributed by atoms with Gasteiger partial charge in [0.05, 0.1) is 13.5 Å². The molecule has 0 saturated heterocycles. The van der Waals surface area contributed by atoms with Gasteiger partial charge in [0.1, 0.15) is 11.5 Å². The molecule has 0 fully saturated rings. The molecule has 0 aliphatic heterocycles. The number of phenols is 1. The first-order chi connectivity index (χ1) is 7.63. The van der Waals surface area contributed by atoms with Gasteiger partial charge in [-0.15, -0.1) is 0 Å². The number of carboxylic acids is 1. The number of aromatic hydroxyl groups is 1. The molecular weight excluding hydrogens is 210 g/mol. The zero-order valence-corrected chi connectivity index (χ0v) is 9.06. The molecule has 5 nitrogen and oxygen atoms in total. The highest BCUT2D eigenvalue weighted by Gasteiger charge is 2.03. The molecule has 0 amide bonds. The third-order valence-electron chi connectivity index (χ3n) is 2.12. The molecule has 0 aromatic heterocycles. The monoisotopic (exact) mass is 225 g/mol. The highest BCUT2D eigenvalue weighted by Crippen LogP contribution is 2.22. The largest absolute Gasteiger partial charge is 0.508 e. The zero-order chi connectivity index (χ0) is 12.0. The van der Waals surface area contributed by atoms with Crippen LogP contribution in [0.2, 0.25) is 0 Å². The minimum atomic E-state index is -0.845. The topological polar surface area (TPSA) is 78.8 Å². The Balaban J connectivity index is 2.49. The van der Waals surface area contributed by atoms with Gasteiger partial charge in [0, 0.05) is 18.7 Å². The molecule has 1 aromatic carbocycles. The summed E-state index contributed by atoms with van der Waals surface area (Å²) < 4.78 is 5.02. The highest BCUT2D eigenvalue weighted by atomic mass is 16.5. The third-order valence-corrected chi connectivity index (χ3v) is 2.12. The van der Waals surface area contributed by atoms with Crippen molar-refractivity contribution in [3.05, 3.63) is 23.8 Å². The summed E-state index contributed by atoms with van der Waals surface area (Å²) in [6.45, 7) is 0.780. The molecule has 3 N–H and O–H groups in total. The van der Waals surface area contributed by atoms with Crippen LogP contribution >= 0.6 is 0 Å². The number of hydrogen-bond acceptors (Lipinski definition) is 4. The lowest BCUT2D eigenvalue weighted by Crippen LogP contribution is -2.17. The summed E-state index contributed by atoms with van der Waals surface area (Å²) in [6.07, 6.45) is 0.0602. The lowest BCUT2D eigenvalue weighted by Gasteiger charge is -2.07. The standard InChI is InChI=1S/C11H15NO4/c1-16-9-2-3-10(13)8(6-9)7-12-5-4-11(14)15/h2-3,6,12-13H,4-5,7H2,1H3,(H,14,15). The lowest BCUT2D eigenvalue weighted by atomic mass is 10.2. The molecule has 0 heterocycles. The summed E-state index contributed by atoms with van der Waals surface area (Å²) in [5.74, 6) is -0.0150. The fraction of sp³-hybridized carbons (Fsp3) is 0.364. The van der Waals surface area contributed by atoms with Crippen LogP contribution in [0.3, 0.4) is 0 Å². The number of phenolic OH excluding ortho intramolecular Hbond substituents is 1. The molecule has 1 rings (SSSR count). The third kappa shape index (κ3) is 3.78. The van der Waals surface area contributed by atoms with E-state index in [-0.39, 0.29) is 12.2 Å². The molecule has 16 heavy (non-hydrogen) atoms. The summed E-state index contributed by atoms with van der Waals surface area (Å²) in [5.41, 5.74) is 0.685. The number of rotatable bonds is 6. The summed E-state index contributed by atoms with van der Waals surface area (Å²) in [6, 6.07) is 4.92. The zero-order valence-electron chi connectivity index (χ0n) is 9.06. The van der Waals surface area contributed by atoms with E-state index in [9.17, 15) is 9.90 Å². The first kappa shape index (κ1) is 12.3. The first-order valence-electron chi connectivity index (χ1n) is 4.92. The smallest absolute Gasteiger partial charge is 0.304 e. The van der Waals surface area contributed by atoms with Gasteiger partial charge in [-0.1, -0.05) is 0 Å². The van der Waals surface area contributed by atoms with Crippen LogP contribution in [-0.2, 0) is 11.3 Å². The van der Waals surface area contributed by atoms with Gasteiger partial charge in [-0.3, -0.25) is 4.79 Å². The second-order valence-corrected chi connectivity index (χ2v) is 3.32. The number of nitrogens with one attached hydrogen (secondary N) is 1. The van der Waals surface area contributed by atoms with Gasteiger partial charge in [-0.05, 0) is 18.2 Å². The molecule has 0 spiro atoms. The Morgan fingerprint density at radius 3 is 2.88 bits per heavy atom. The Kier molecular flexibility index (Phi) is 4.60. The van der Waals surface area contributed by atoms with Crippen molar-refractivity contribution >= 4 is 5.97 Å². The predicted octanol–water partition coefficient (Wildman–Crippen LogP) is 0.965. The van der Waals surface area contributed by atoms with Crippen molar-refractivity contribution in [3.63, 3.8) is 0 Å². The van der Waals surface area contributed by atoms with Crippen molar-refractivity contribution in [1.29, 1.82) is 0 Å². The maximum atomic E-state index is 10.3. The second-order valence-electron chi connectivity index (χ2n) is 3.32. The summed E-state index contributed by atoms with van der Waals surface area (Å²) in [7, 11) is 1.55. The minimum Gasteiger partial charge on any atom is -0.508 e. The molecule has 0 bridgehead atoms. The molecule has 88 valence electrons. The van der Waals surface area contributed by atoms with Crippen molar-refractivity contribution < 1.29 is 19.7 Å². The van der Waals surface area contributed by atoms with E-state index >= 15 is 0 Å². The van der Waals surface area contributed by atoms with Crippen LogP contribution in [0.5, 0.6) is 11.5 Å². The average molecular weight is 225 g/mol. The molecular formula is C11H15NO4. The number of carbonyl (C=O) groups is 1. The van der Waals surface area contributed by atoms with Gasteiger partial charge in [0.15, 0.2) is 0 Å². The van der Waals surface area contributed by atoms with Gasteiger partial charge in [0.2, 0.25) is 0 Å². The van der Waals surface area contributed by atoms with E-state index in [1.54, 1.807) is 25.3 Å². The van der Waals surface area contributed by atoms with Crippen molar-refractivity contribution in [2.45, 2.75) is 13.0 Å². The van der Waals surface area contributed by atoms with E-state index in [0.29, 0.717) is 24.4 Å². The Morgan fingerprint density at radius 2 is 2.25 bits per heavy atom. The molecule has 0 atom stereocenters. The highest BCUT2D eigenvalue weighted by molar-refractivity contribution is 5.66. The summed E-state index contributed by atoms with van der Waals surface area (Å²) in [4.78, 5) is 10.3. The molecule has 0 saturated carbocycles. The van der Waals surface area contributed by atoms with Crippen molar-refractivity contribution in [2.75, 3.05) is 13.7 Å². The van der Waals surface area contributed by atoms with Gasteiger partial charge < -0.3 is 20.3 Å². The molecule has 0 radical (unpaired) electrons. The SMILES string of the molecule is COc1ccc(O)c(CNCCC(=O)O)c1. The predicted molar refractivity (Wildman–Crippen MR) is 58.6 cm³/mol. The van der Waals surface area contributed by atoms with E-state index in [2.05, 4.69) is 5.32 Å². The van der Waals surface area contributed by atoms with Crippen molar-refractivity contribution in [2.24, 2.45) is 0 Å². The fourth-order valence-corrected chi connectivity index (χ4v) is 1.25. The maximum Gasteiger partial charge on any atom is 0.304 e. The number of carboxylic acid groups (broad SMARTS) is 1. The molecule has 0 aliphatic rings. The lowest BCUT2D eigenvalue weighted by molar-refractivity contribution is -0.136. The summed E-state index contributed by atoms with van der Waals surface area (Å²) >= 11 is 0. The maximum absolute atomic E-state index is 10.3. The Labute approximate surface area is 93.7 Å². The fourth-order valence-electron chi connectivity index (χ4n) is 1.25. The first-order valence-corrected chi connectivity index (χ1v) is 4.92. The Hall–Kier alpha value is -1.75. The van der Waals surface area contributed by atoms with E-state index in [0.717, 1.165) is 0 Å². The quantitative estimate of drug-likeness (QED) is 0.628.